The van der Waals surface area contributed by atoms with Crippen molar-refractivity contribution in [1.29, 1.82) is 0 Å². The van der Waals surface area contributed by atoms with E-state index in [0.717, 1.165) is 11.1 Å². The number of carbonyl (C=O) groups is 1. The number of fused-ring (bicyclic) bond motifs is 1. The van der Waals surface area contributed by atoms with Gasteiger partial charge in [0.1, 0.15) is 5.75 Å². The Hall–Kier alpha value is -2.33. The first kappa shape index (κ1) is 12.7. The molecule has 1 amide bonds. The molecule has 0 saturated heterocycles. The molecule has 0 fully saturated rings. The second kappa shape index (κ2) is 4.08. The van der Waals surface area contributed by atoms with Gasteiger partial charge in [-0.1, -0.05) is 18.2 Å². The Kier molecular flexibility index (Phi) is 2.59. The van der Waals surface area contributed by atoms with E-state index in [0.29, 0.717) is 11.3 Å². The van der Waals surface area contributed by atoms with E-state index in [1.54, 1.807) is 36.4 Å². The molecule has 102 valence electrons. The Balaban J connectivity index is 2.28. The molecule has 2 aromatic rings. The normalized spacial score (nSPS) is 20.6. The number of hydrogen-bond donors (Lipinski definition) is 3. The van der Waals surface area contributed by atoms with Crippen molar-refractivity contribution in [3.63, 3.8) is 0 Å². The van der Waals surface area contributed by atoms with Crippen molar-refractivity contribution in [3.05, 3.63) is 58.7 Å². The van der Waals surface area contributed by atoms with Crippen molar-refractivity contribution in [2.45, 2.75) is 19.4 Å². The van der Waals surface area contributed by atoms with Gasteiger partial charge in [-0.05, 0) is 43.2 Å². The van der Waals surface area contributed by atoms with Gasteiger partial charge in [-0.2, -0.15) is 0 Å². The third-order valence-electron chi connectivity index (χ3n) is 3.90. The van der Waals surface area contributed by atoms with Crippen molar-refractivity contribution in [3.8, 4) is 5.75 Å². The highest BCUT2D eigenvalue weighted by Gasteiger charge is 2.48. The van der Waals surface area contributed by atoms with E-state index < -0.39 is 11.5 Å². The average Bonchev–Trinajstić information content (AvgIpc) is 2.67. The van der Waals surface area contributed by atoms with Crippen LogP contribution < -0.4 is 5.32 Å². The van der Waals surface area contributed by atoms with Crippen molar-refractivity contribution >= 4 is 11.6 Å². The van der Waals surface area contributed by atoms with Crippen LogP contribution >= 0.6 is 0 Å². The zero-order valence-corrected chi connectivity index (χ0v) is 11.3. The highest BCUT2D eigenvalue weighted by atomic mass is 16.3. The van der Waals surface area contributed by atoms with Gasteiger partial charge in [0.25, 0.3) is 5.91 Å². The van der Waals surface area contributed by atoms with Gasteiger partial charge in [0.15, 0.2) is 5.60 Å². The number of aliphatic hydroxyl groups is 1. The van der Waals surface area contributed by atoms with Crippen LogP contribution in [0.1, 0.15) is 22.3 Å². The number of benzene rings is 2. The summed E-state index contributed by atoms with van der Waals surface area (Å²) in [7, 11) is 0. The van der Waals surface area contributed by atoms with Crippen LogP contribution in [0, 0.1) is 13.8 Å². The summed E-state index contributed by atoms with van der Waals surface area (Å²) in [4.78, 5) is 12.2. The molecule has 3 N–H and O–H groups in total. The largest absolute Gasteiger partial charge is 0.508 e. The Bertz CT molecular complexity index is 724. The van der Waals surface area contributed by atoms with Gasteiger partial charge < -0.3 is 15.5 Å². The van der Waals surface area contributed by atoms with E-state index >= 15 is 0 Å². The zero-order chi connectivity index (χ0) is 14.5. The van der Waals surface area contributed by atoms with Gasteiger partial charge in [-0.3, -0.25) is 4.79 Å². The van der Waals surface area contributed by atoms with E-state index in [2.05, 4.69) is 5.32 Å². The van der Waals surface area contributed by atoms with Crippen molar-refractivity contribution in [2.75, 3.05) is 5.32 Å². The molecule has 1 heterocycles. The monoisotopic (exact) mass is 269 g/mol. The molecule has 0 aromatic heterocycles. The summed E-state index contributed by atoms with van der Waals surface area (Å²) in [6.07, 6.45) is 0. The first-order chi connectivity index (χ1) is 9.44. The van der Waals surface area contributed by atoms with Crippen LogP contribution in [-0.2, 0) is 10.4 Å². The number of aryl methyl sites for hydroxylation is 2. The fourth-order valence-corrected chi connectivity index (χ4v) is 2.60. The lowest BCUT2D eigenvalue weighted by atomic mass is 9.85. The van der Waals surface area contributed by atoms with Crippen molar-refractivity contribution in [2.24, 2.45) is 0 Å². The van der Waals surface area contributed by atoms with Gasteiger partial charge >= 0.3 is 0 Å². The molecule has 0 saturated carbocycles. The van der Waals surface area contributed by atoms with Crippen LogP contribution in [0.3, 0.4) is 0 Å². The SMILES string of the molecule is Cc1cc(O)c([C@]2(O)C(=O)Nc3ccccc32)cc1C. The highest BCUT2D eigenvalue weighted by Crippen LogP contribution is 2.44. The lowest BCUT2D eigenvalue weighted by Gasteiger charge is -2.23. The van der Waals surface area contributed by atoms with Gasteiger partial charge in [0.2, 0.25) is 0 Å². The maximum absolute atomic E-state index is 12.2. The lowest BCUT2D eigenvalue weighted by molar-refractivity contribution is -0.129. The molecule has 1 aliphatic heterocycles. The van der Waals surface area contributed by atoms with Gasteiger partial charge in [-0.15, -0.1) is 0 Å². The van der Waals surface area contributed by atoms with Crippen LogP contribution in [0.5, 0.6) is 5.75 Å². The fourth-order valence-electron chi connectivity index (χ4n) is 2.60. The molecular formula is C16H15NO3. The molecule has 0 bridgehead atoms. The second-order valence-corrected chi connectivity index (χ2v) is 5.16. The number of hydrogen-bond acceptors (Lipinski definition) is 3. The number of carbonyl (C=O) groups excluding carboxylic acids is 1. The predicted molar refractivity (Wildman–Crippen MR) is 75.7 cm³/mol. The molecular weight excluding hydrogens is 254 g/mol. The maximum Gasteiger partial charge on any atom is 0.266 e. The molecule has 0 spiro atoms. The minimum atomic E-state index is -1.85. The van der Waals surface area contributed by atoms with E-state index in [1.165, 1.54) is 0 Å². The molecule has 2 aromatic carbocycles. The predicted octanol–water partition coefficient (Wildman–Crippen LogP) is 2.20. The van der Waals surface area contributed by atoms with Gasteiger partial charge in [0, 0.05) is 16.8 Å². The molecule has 1 atom stereocenters. The minimum Gasteiger partial charge on any atom is -0.508 e. The Morgan fingerprint density at radius 1 is 1.05 bits per heavy atom. The summed E-state index contributed by atoms with van der Waals surface area (Å²) in [5.41, 5.74) is 1.20. The zero-order valence-electron chi connectivity index (χ0n) is 11.3. The molecule has 20 heavy (non-hydrogen) atoms. The molecule has 0 unspecified atom stereocenters. The van der Waals surface area contributed by atoms with E-state index in [4.69, 9.17) is 0 Å². The van der Waals surface area contributed by atoms with E-state index in [-0.39, 0.29) is 11.3 Å². The molecule has 3 rings (SSSR count). The summed E-state index contributed by atoms with van der Waals surface area (Å²) in [6.45, 7) is 3.74. The maximum atomic E-state index is 12.2. The summed E-state index contributed by atoms with van der Waals surface area (Å²) in [5, 5.41) is 23.7. The van der Waals surface area contributed by atoms with Gasteiger partial charge in [0.05, 0.1) is 0 Å². The smallest absolute Gasteiger partial charge is 0.266 e. The average molecular weight is 269 g/mol. The number of amides is 1. The number of anilines is 1. The third kappa shape index (κ3) is 1.55. The Morgan fingerprint density at radius 3 is 2.45 bits per heavy atom. The standard InChI is InChI=1S/C16H15NO3/c1-9-7-12(14(18)8-10(9)2)16(20)11-5-3-4-6-13(11)17-15(16)19/h3-8,18,20H,1-2H3,(H,17,19)/t16-/m0/s1. The lowest BCUT2D eigenvalue weighted by Crippen LogP contribution is -2.35. The first-order valence-electron chi connectivity index (χ1n) is 6.38. The number of phenols is 1. The number of nitrogens with one attached hydrogen (secondary N) is 1. The van der Waals surface area contributed by atoms with Crippen molar-refractivity contribution < 1.29 is 15.0 Å². The van der Waals surface area contributed by atoms with Crippen LogP contribution in [0.25, 0.3) is 0 Å². The quantitative estimate of drug-likeness (QED) is 0.743. The first-order valence-corrected chi connectivity index (χ1v) is 6.38. The molecule has 4 heteroatoms. The number of rotatable bonds is 1. The van der Waals surface area contributed by atoms with E-state index in [1.807, 2.05) is 13.8 Å². The van der Waals surface area contributed by atoms with Crippen LogP contribution in [0.2, 0.25) is 0 Å². The minimum absolute atomic E-state index is 0.0811. The molecule has 4 nitrogen and oxygen atoms in total. The van der Waals surface area contributed by atoms with Crippen LogP contribution in [0.4, 0.5) is 5.69 Å². The fraction of sp³-hybridized carbons (Fsp3) is 0.188. The number of para-hydroxylation sites is 1. The summed E-state index contributed by atoms with van der Waals surface area (Å²) >= 11 is 0. The van der Waals surface area contributed by atoms with Crippen LogP contribution in [0.15, 0.2) is 36.4 Å². The third-order valence-corrected chi connectivity index (χ3v) is 3.90. The van der Waals surface area contributed by atoms with Crippen LogP contribution in [-0.4, -0.2) is 16.1 Å². The Morgan fingerprint density at radius 2 is 1.70 bits per heavy atom. The Labute approximate surface area is 116 Å². The van der Waals surface area contributed by atoms with Gasteiger partial charge in [-0.25, -0.2) is 0 Å². The topological polar surface area (TPSA) is 69.6 Å². The summed E-state index contributed by atoms with van der Waals surface area (Å²) in [6, 6.07) is 10.2. The van der Waals surface area contributed by atoms with Crippen molar-refractivity contribution in [1.82, 2.24) is 0 Å². The highest BCUT2D eigenvalue weighted by molar-refractivity contribution is 6.07. The second-order valence-electron chi connectivity index (χ2n) is 5.16. The molecule has 1 aliphatic rings. The molecule has 0 radical (unpaired) electrons. The van der Waals surface area contributed by atoms with E-state index in [9.17, 15) is 15.0 Å². The number of phenolic OH excluding ortho intramolecular Hbond substituents is 1. The molecule has 0 aliphatic carbocycles. The summed E-state index contributed by atoms with van der Waals surface area (Å²) in [5.74, 6) is -0.625. The number of aromatic hydroxyl groups is 1. The summed E-state index contributed by atoms with van der Waals surface area (Å²) < 4.78 is 0.